The number of carbonyl (C=O) groups excluding carboxylic acids is 1. The van der Waals surface area contributed by atoms with Crippen molar-refractivity contribution in [1.82, 2.24) is 44.7 Å². The number of aryl methyl sites for hydroxylation is 1. The SMILES string of the molecule is CCC(=O)Nc1cncc(-c2ccc3[nH]nc(-c4nc5c(-n6cnc(C)c6)ccnc5[nH]4)c3n2)c1. The van der Waals surface area contributed by atoms with Gasteiger partial charge in [0.15, 0.2) is 17.2 Å². The van der Waals surface area contributed by atoms with Crippen LogP contribution < -0.4 is 5.32 Å². The Morgan fingerprint density at radius 2 is 2.03 bits per heavy atom. The van der Waals surface area contributed by atoms with E-state index >= 15 is 0 Å². The van der Waals surface area contributed by atoms with Crippen molar-refractivity contribution in [3.05, 3.63) is 61.1 Å². The number of amides is 1. The molecule has 0 aliphatic heterocycles. The molecule has 35 heavy (non-hydrogen) atoms. The number of nitrogens with one attached hydrogen (secondary N) is 3. The minimum absolute atomic E-state index is 0.0757. The van der Waals surface area contributed by atoms with Crippen molar-refractivity contribution >= 4 is 33.8 Å². The molecule has 0 aliphatic rings. The van der Waals surface area contributed by atoms with Crippen molar-refractivity contribution in [2.75, 3.05) is 5.32 Å². The second-order valence-corrected chi connectivity index (χ2v) is 8.06. The van der Waals surface area contributed by atoms with E-state index in [9.17, 15) is 4.79 Å². The molecule has 3 N–H and O–H groups in total. The standard InChI is InChI=1S/C24H20N10O/c1-3-19(35)28-15-8-14(9-25-10-15)16-4-5-17-20(29-16)22(33-32-17)24-30-21-18(6-7-26-23(21)31-24)34-11-13(2)27-12-34/h4-12H,3H2,1-2H3,(H,28,35)(H,32,33)(H,26,30,31). The number of H-pyrrole nitrogens is 2. The molecule has 0 radical (unpaired) electrons. The van der Waals surface area contributed by atoms with Gasteiger partial charge < -0.3 is 14.9 Å². The van der Waals surface area contributed by atoms with Crippen LogP contribution in [-0.4, -0.2) is 50.6 Å². The third-order valence-corrected chi connectivity index (χ3v) is 5.62. The summed E-state index contributed by atoms with van der Waals surface area (Å²) in [5.74, 6) is 0.475. The van der Waals surface area contributed by atoms with E-state index in [1.165, 1.54) is 0 Å². The number of carbonyl (C=O) groups is 1. The number of hydrogen-bond acceptors (Lipinski definition) is 7. The van der Waals surface area contributed by atoms with Crippen LogP contribution in [0.15, 0.2) is 55.4 Å². The maximum absolute atomic E-state index is 11.8. The summed E-state index contributed by atoms with van der Waals surface area (Å²) < 4.78 is 1.92. The van der Waals surface area contributed by atoms with Gasteiger partial charge in [-0.05, 0) is 31.2 Å². The third-order valence-electron chi connectivity index (χ3n) is 5.62. The average molecular weight is 464 g/mol. The molecule has 0 atom stereocenters. The van der Waals surface area contributed by atoms with Gasteiger partial charge in [-0.15, -0.1) is 0 Å². The summed E-state index contributed by atoms with van der Waals surface area (Å²) in [5, 5.41) is 10.3. The number of fused-ring (bicyclic) bond motifs is 2. The van der Waals surface area contributed by atoms with Gasteiger partial charge in [0.25, 0.3) is 0 Å². The molecule has 1 amide bonds. The van der Waals surface area contributed by atoms with Crippen molar-refractivity contribution in [2.24, 2.45) is 0 Å². The highest BCUT2D eigenvalue weighted by molar-refractivity contribution is 5.93. The van der Waals surface area contributed by atoms with Gasteiger partial charge in [-0.2, -0.15) is 5.10 Å². The van der Waals surface area contributed by atoms with Crippen molar-refractivity contribution in [3.63, 3.8) is 0 Å². The molecule has 0 spiro atoms. The quantitative estimate of drug-likeness (QED) is 0.352. The number of nitrogens with zero attached hydrogens (tertiary/aromatic N) is 7. The summed E-state index contributed by atoms with van der Waals surface area (Å²) in [6.45, 7) is 3.74. The highest BCUT2D eigenvalue weighted by Crippen LogP contribution is 2.29. The zero-order chi connectivity index (χ0) is 23.9. The third kappa shape index (κ3) is 3.68. The molecule has 6 aromatic heterocycles. The summed E-state index contributed by atoms with van der Waals surface area (Å²) in [5.41, 5.74) is 7.22. The van der Waals surface area contributed by atoms with E-state index in [1.54, 1.807) is 31.8 Å². The minimum Gasteiger partial charge on any atom is -0.325 e. The van der Waals surface area contributed by atoms with E-state index in [0.29, 0.717) is 46.0 Å². The lowest BCUT2D eigenvalue weighted by atomic mass is 10.1. The molecule has 0 saturated carbocycles. The fourth-order valence-corrected chi connectivity index (χ4v) is 3.89. The Morgan fingerprint density at radius 1 is 1.11 bits per heavy atom. The predicted molar refractivity (Wildman–Crippen MR) is 131 cm³/mol. The number of pyridine rings is 3. The highest BCUT2D eigenvalue weighted by Gasteiger charge is 2.17. The first-order valence-corrected chi connectivity index (χ1v) is 11.1. The summed E-state index contributed by atoms with van der Waals surface area (Å²) in [6.07, 6.45) is 9.12. The normalized spacial score (nSPS) is 11.4. The molecule has 0 aromatic carbocycles. The van der Waals surface area contributed by atoms with Crippen LogP contribution in [0.2, 0.25) is 0 Å². The number of aromatic amines is 2. The smallest absolute Gasteiger partial charge is 0.224 e. The Labute approximate surface area is 198 Å². The Morgan fingerprint density at radius 3 is 2.86 bits per heavy atom. The molecule has 0 bridgehead atoms. The second-order valence-electron chi connectivity index (χ2n) is 8.06. The lowest BCUT2D eigenvalue weighted by Crippen LogP contribution is -2.09. The van der Waals surface area contributed by atoms with Gasteiger partial charge in [0.1, 0.15) is 11.0 Å². The van der Waals surface area contributed by atoms with Crippen LogP contribution in [0.4, 0.5) is 5.69 Å². The summed E-state index contributed by atoms with van der Waals surface area (Å²) in [4.78, 5) is 37.7. The van der Waals surface area contributed by atoms with Gasteiger partial charge in [-0.1, -0.05) is 6.92 Å². The molecule has 11 heteroatoms. The molecule has 11 nitrogen and oxygen atoms in total. The van der Waals surface area contributed by atoms with Crippen LogP contribution in [0.5, 0.6) is 0 Å². The van der Waals surface area contributed by atoms with E-state index in [0.717, 1.165) is 22.5 Å². The fourth-order valence-electron chi connectivity index (χ4n) is 3.89. The topological polar surface area (TPSA) is 143 Å². The van der Waals surface area contributed by atoms with Gasteiger partial charge in [0.05, 0.1) is 40.8 Å². The maximum atomic E-state index is 11.8. The Bertz CT molecular complexity index is 1710. The largest absolute Gasteiger partial charge is 0.325 e. The van der Waals surface area contributed by atoms with Gasteiger partial charge in [0.2, 0.25) is 5.91 Å². The van der Waals surface area contributed by atoms with Gasteiger partial charge >= 0.3 is 0 Å². The summed E-state index contributed by atoms with van der Waals surface area (Å²) >= 11 is 0. The lowest BCUT2D eigenvalue weighted by Gasteiger charge is -2.06. The van der Waals surface area contributed by atoms with Crippen LogP contribution in [0, 0.1) is 6.92 Å². The molecule has 0 unspecified atom stereocenters. The van der Waals surface area contributed by atoms with Crippen LogP contribution in [0.1, 0.15) is 19.0 Å². The Balaban J connectivity index is 1.43. The monoisotopic (exact) mass is 464 g/mol. The van der Waals surface area contributed by atoms with Crippen LogP contribution in [0.25, 0.3) is 50.7 Å². The maximum Gasteiger partial charge on any atom is 0.224 e. The van der Waals surface area contributed by atoms with Crippen molar-refractivity contribution in [2.45, 2.75) is 20.3 Å². The second kappa shape index (κ2) is 8.13. The fraction of sp³-hybridized carbons (Fsp3) is 0.125. The molecule has 172 valence electrons. The lowest BCUT2D eigenvalue weighted by molar-refractivity contribution is -0.115. The van der Waals surface area contributed by atoms with E-state index < -0.39 is 0 Å². The van der Waals surface area contributed by atoms with Gasteiger partial charge in [-0.25, -0.2) is 19.9 Å². The predicted octanol–water partition coefficient (Wildman–Crippen LogP) is 3.80. The van der Waals surface area contributed by atoms with Crippen LogP contribution >= 0.6 is 0 Å². The molecule has 6 aromatic rings. The average Bonchev–Trinajstić information content (AvgIpc) is 3.61. The first kappa shape index (κ1) is 20.7. The van der Waals surface area contributed by atoms with Gasteiger partial charge in [-0.3, -0.25) is 14.9 Å². The number of anilines is 1. The molecular formula is C24H20N10O. The zero-order valence-corrected chi connectivity index (χ0v) is 18.9. The Kier molecular flexibility index (Phi) is 4.80. The van der Waals surface area contributed by atoms with E-state index in [-0.39, 0.29) is 5.91 Å². The Hall–Kier alpha value is -4.93. The number of aromatic nitrogens is 9. The highest BCUT2D eigenvalue weighted by atomic mass is 16.1. The minimum atomic E-state index is -0.0757. The molecular weight excluding hydrogens is 444 g/mol. The first-order valence-electron chi connectivity index (χ1n) is 11.1. The van der Waals surface area contributed by atoms with Crippen LogP contribution in [-0.2, 0) is 4.79 Å². The molecule has 6 heterocycles. The number of rotatable bonds is 5. The zero-order valence-electron chi connectivity index (χ0n) is 18.9. The summed E-state index contributed by atoms with van der Waals surface area (Å²) in [7, 11) is 0. The van der Waals surface area contributed by atoms with Crippen molar-refractivity contribution in [3.8, 4) is 28.5 Å². The van der Waals surface area contributed by atoms with Crippen molar-refractivity contribution < 1.29 is 4.79 Å². The van der Waals surface area contributed by atoms with Crippen LogP contribution in [0.3, 0.4) is 0 Å². The number of hydrogen-bond donors (Lipinski definition) is 3. The first-order chi connectivity index (χ1) is 17.1. The van der Waals surface area contributed by atoms with E-state index in [1.807, 2.05) is 42.0 Å². The molecule has 0 aliphatic carbocycles. The molecule has 6 rings (SSSR count). The molecule has 0 fully saturated rings. The van der Waals surface area contributed by atoms with E-state index in [2.05, 4.69) is 35.5 Å². The van der Waals surface area contributed by atoms with E-state index in [4.69, 9.17) is 9.97 Å². The van der Waals surface area contributed by atoms with Crippen molar-refractivity contribution in [1.29, 1.82) is 0 Å². The molecule has 0 saturated heterocycles. The van der Waals surface area contributed by atoms with Gasteiger partial charge in [0, 0.05) is 30.6 Å². The number of imidazole rings is 2. The summed E-state index contributed by atoms with van der Waals surface area (Å²) in [6, 6.07) is 7.53.